The molecule has 0 heterocycles. The summed E-state index contributed by atoms with van der Waals surface area (Å²) in [6.07, 6.45) is -1.07. The number of hydrogen-bond acceptors (Lipinski definition) is 10. The van der Waals surface area contributed by atoms with Crippen LogP contribution in [0.25, 0.3) is 0 Å². The molecule has 20 heteroatoms. The maximum absolute atomic E-state index is 11.8. The van der Waals surface area contributed by atoms with Crippen LogP contribution in [0.5, 0.6) is 0 Å². The molecule has 0 spiro atoms. The molecule has 0 amide bonds. The quantitative estimate of drug-likeness (QED) is 0.127. The van der Waals surface area contributed by atoms with Crippen molar-refractivity contribution in [1.29, 1.82) is 0 Å². The van der Waals surface area contributed by atoms with E-state index < -0.39 is 89.0 Å². The molecule has 14 nitrogen and oxygen atoms in total. The van der Waals surface area contributed by atoms with Gasteiger partial charge in [-0.05, 0) is 24.3 Å². The standard InChI is InChI=1S/C13H14N2O12S4.2Na.2H/c14-8-1-3-10(28(16,17)18)12(30(22,23)24)6(8)5-7-9(15)2-4-11(29(19,20)21)13(7)31(25,26)27;;;;/h1-4H,5,14-15H2,(H,16,17,18)(H,19,20,21)(H,22,23,24)(H,25,26,27);;;;. The van der Waals surface area contributed by atoms with E-state index in [9.17, 15) is 51.9 Å². The molecule has 0 saturated carbocycles. The number of nitrogens with two attached hydrogens (primary N) is 2. The van der Waals surface area contributed by atoms with Crippen LogP contribution in [0.1, 0.15) is 11.1 Å². The zero-order chi connectivity index (χ0) is 24.2. The fourth-order valence-electron chi connectivity index (χ4n) is 2.76. The van der Waals surface area contributed by atoms with Gasteiger partial charge in [-0.15, -0.1) is 0 Å². The molecule has 0 unspecified atom stereocenters. The Hall–Kier alpha value is -0.320. The van der Waals surface area contributed by atoms with Crippen molar-refractivity contribution < 1.29 is 51.9 Å². The Kier molecular flexibility index (Phi) is 10.6. The first kappa shape index (κ1) is 32.7. The van der Waals surface area contributed by atoms with Crippen molar-refractivity contribution in [3.05, 3.63) is 35.4 Å². The molecular formula is C13H16N2Na2O12S4. The first-order valence-electron chi connectivity index (χ1n) is 7.49. The Morgan fingerprint density at radius 1 is 0.545 bits per heavy atom. The second-order valence-electron chi connectivity index (χ2n) is 6.00. The van der Waals surface area contributed by atoms with E-state index >= 15 is 0 Å². The van der Waals surface area contributed by atoms with Gasteiger partial charge in [-0.3, -0.25) is 18.2 Å². The Bertz CT molecular complexity index is 1400. The van der Waals surface area contributed by atoms with Gasteiger partial charge in [0.15, 0.2) is 0 Å². The molecule has 8 N–H and O–H groups in total. The van der Waals surface area contributed by atoms with Gasteiger partial charge in [0.1, 0.15) is 19.6 Å². The van der Waals surface area contributed by atoms with Crippen LogP contribution in [0.4, 0.5) is 11.4 Å². The summed E-state index contributed by atoms with van der Waals surface area (Å²) in [5.74, 6) is 0. The van der Waals surface area contributed by atoms with Crippen LogP contribution >= 0.6 is 0 Å². The van der Waals surface area contributed by atoms with Crippen molar-refractivity contribution in [2.75, 3.05) is 11.5 Å². The van der Waals surface area contributed by atoms with E-state index in [-0.39, 0.29) is 59.1 Å². The molecule has 0 bridgehead atoms. The van der Waals surface area contributed by atoms with Gasteiger partial charge in [-0.2, -0.15) is 33.7 Å². The van der Waals surface area contributed by atoms with E-state index in [1.165, 1.54) is 0 Å². The SMILES string of the molecule is Nc1ccc(S(=O)(=O)O)c(S(=O)(=O)O)c1Cc1c(N)ccc(S(=O)(=O)O)c1S(=O)(=O)O.[NaH].[NaH]. The summed E-state index contributed by atoms with van der Waals surface area (Å²) in [6, 6.07) is 2.67. The van der Waals surface area contributed by atoms with Crippen LogP contribution in [0, 0.1) is 0 Å². The summed E-state index contributed by atoms with van der Waals surface area (Å²) >= 11 is 0. The van der Waals surface area contributed by atoms with Gasteiger partial charge in [-0.1, -0.05) is 0 Å². The van der Waals surface area contributed by atoms with Gasteiger partial charge in [0.2, 0.25) is 0 Å². The number of benzene rings is 2. The van der Waals surface area contributed by atoms with E-state index in [0.717, 1.165) is 12.1 Å². The molecule has 0 aliphatic carbocycles. The van der Waals surface area contributed by atoms with Gasteiger partial charge in [-0.25, -0.2) is 0 Å². The maximum atomic E-state index is 11.8. The van der Waals surface area contributed by atoms with Crippen LogP contribution in [0.2, 0.25) is 0 Å². The van der Waals surface area contributed by atoms with Crippen LogP contribution in [-0.2, 0) is 46.9 Å². The summed E-state index contributed by atoms with van der Waals surface area (Å²) in [6.45, 7) is 0. The molecule has 0 aliphatic heterocycles. The van der Waals surface area contributed by atoms with Gasteiger partial charge in [0, 0.05) is 28.9 Å². The van der Waals surface area contributed by atoms with Gasteiger partial charge in [0.05, 0.1) is 0 Å². The first-order valence-corrected chi connectivity index (χ1v) is 13.2. The van der Waals surface area contributed by atoms with Crippen LogP contribution in [0.15, 0.2) is 43.8 Å². The molecule has 2 rings (SSSR count). The third-order valence-corrected chi connectivity index (χ3v) is 7.96. The number of anilines is 2. The van der Waals surface area contributed by atoms with Gasteiger partial charge < -0.3 is 11.5 Å². The average molecular weight is 567 g/mol. The number of hydrogen-bond donors (Lipinski definition) is 6. The van der Waals surface area contributed by atoms with Gasteiger partial charge in [0.25, 0.3) is 40.5 Å². The third kappa shape index (κ3) is 7.34. The molecule has 0 radical (unpaired) electrons. The van der Waals surface area contributed by atoms with Crippen molar-refractivity contribution >= 4 is 111 Å². The van der Waals surface area contributed by atoms with E-state index in [1.807, 2.05) is 0 Å². The molecule has 2 aromatic carbocycles. The van der Waals surface area contributed by atoms with E-state index in [0.29, 0.717) is 12.1 Å². The van der Waals surface area contributed by atoms with Crippen LogP contribution in [0.3, 0.4) is 0 Å². The Labute approximate surface area is 233 Å². The summed E-state index contributed by atoms with van der Waals surface area (Å²) in [4.78, 5) is -5.52. The third-order valence-electron chi connectivity index (χ3n) is 3.95. The zero-order valence-corrected chi connectivity index (χ0v) is 18.1. The average Bonchev–Trinajstić information content (AvgIpc) is 2.53. The second-order valence-corrected chi connectivity index (χ2v) is 11.5. The zero-order valence-electron chi connectivity index (χ0n) is 14.9. The fraction of sp³-hybridized carbons (Fsp3) is 0.0769. The van der Waals surface area contributed by atoms with E-state index in [2.05, 4.69) is 0 Å². The van der Waals surface area contributed by atoms with E-state index in [1.54, 1.807) is 0 Å². The molecular weight excluding hydrogens is 550 g/mol. The first-order chi connectivity index (χ1) is 13.8. The number of rotatable bonds is 6. The normalized spacial score (nSPS) is 12.5. The van der Waals surface area contributed by atoms with Crippen molar-refractivity contribution in [3.63, 3.8) is 0 Å². The molecule has 0 atom stereocenters. The monoisotopic (exact) mass is 566 g/mol. The fourth-order valence-corrected chi connectivity index (χ4v) is 6.86. The predicted molar refractivity (Wildman–Crippen MR) is 118 cm³/mol. The molecule has 33 heavy (non-hydrogen) atoms. The van der Waals surface area contributed by atoms with Crippen LogP contribution in [-0.4, -0.2) is 111 Å². The topological polar surface area (TPSA) is 270 Å². The molecule has 2 aromatic rings. The minimum atomic E-state index is -5.43. The molecule has 0 aliphatic rings. The van der Waals surface area contributed by atoms with Crippen molar-refractivity contribution in [2.24, 2.45) is 0 Å². The summed E-state index contributed by atoms with van der Waals surface area (Å²) in [5, 5.41) is 0. The minimum absolute atomic E-state index is 0. The summed E-state index contributed by atoms with van der Waals surface area (Å²) in [5.41, 5.74) is 8.58. The second kappa shape index (κ2) is 10.7. The van der Waals surface area contributed by atoms with Crippen LogP contribution < -0.4 is 11.5 Å². The van der Waals surface area contributed by atoms with Crippen molar-refractivity contribution in [2.45, 2.75) is 26.0 Å². The summed E-state index contributed by atoms with van der Waals surface area (Å²) in [7, 11) is -21.4. The van der Waals surface area contributed by atoms with E-state index in [4.69, 9.17) is 11.5 Å². The van der Waals surface area contributed by atoms with Crippen molar-refractivity contribution in [1.82, 2.24) is 0 Å². The number of nitrogen functional groups attached to an aromatic ring is 2. The Morgan fingerprint density at radius 3 is 1.03 bits per heavy atom. The molecule has 0 fully saturated rings. The molecule has 0 aromatic heterocycles. The molecule has 176 valence electrons. The predicted octanol–water partition coefficient (Wildman–Crippen LogP) is -1.87. The Morgan fingerprint density at radius 2 is 0.818 bits per heavy atom. The summed E-state index contributed by atoms with van der Waals surface area (Å²) < 4.78 is 131. The Balaban J connectivity index is 0.00000512. The van der Waals surface area contributed by atoms with Gasteiger partial charge >= 0.3 is 59.1 Å². The molecule has 0 saturated heterocycles. The van der Waals surface area contributed by atoms with Crippen molar-refractivity contribution in [3.8, 4) is 0 Å².